The van der Waals surface area contributed by atoms with E-state index in [9.17, 15) is 4.79 Å². The number of carbonyl (C=O) groups is 1. The van der Waals surface area contributed by atoms with Crippen molar-refractivity contribution in [3.05, 3.63) is 59.4 Å². The van der Waals surface area contributed by atoms with Gasteiger partial charge in [0.2, 0.25) is 5.79 Å². The molecule has 5 atom stereocenters. The molecule has 1 saturated carbocycles. The highest BCUT2D eigenvalue weighted by atomic mass is 16.8. The van der Waals surface area contributed by atoms with Crippen LogP contribution >= 0.6 is 0 Å². The van der Waals surface area contributed by atoms with Crippen LogP contribution in [0.15, 0.2) is 59.4 Å². The van der Waals surface area contributed by atoms with Crippen molar-refractivity contribution in [3.8, 4) is 0 Å². The van der Waals surface area contributed by atoms with Crippen molar-refractivity contribution in [2.45, 2.75) is 78.5 Å². The van der Waals surface area contributed by atoms with Crippen molar-refractivity contribution < 1.29 is 28.5 Å². The first-order valence-electron chi connectivity index (χ1n) is 11.8. The van der Waals surface area contributed by atoms with E-state index in [0.717, 1.165) is 24.0 Å². The summed E-state index contributed by atoms with van der Waals surface area (Å²) in [5.41, 5.74) is 3.44. The average Bonchev–Trinajstić information content (AvgIpc) is 3.04. The fraction of sp³-hybridized carbons (Fsp3) is 0.607. The molecule has 0 bridgehead atoms. The molecule has 1 heterocycles. The van der Waals surface area contributed by atoms with Crippen molar-refractivity contribution in [1.29, 1.82) is 0 Å². The lowest BCUT2D eigenvalue weighted by Crippen LogP contribution is -2.44. The third-order valence-corrected chi connectivity index (χ3v) is 6.80. The van der Waals surface area contributed by atoms with Crippen LogP contribution in [0.5, 0.6) is 0 Å². The minimum Gasteiger partial charge on any atom is -0.432 e. The fourth-order valence-electron chi connectivity index (χ4n) is 4.91. The van der Waals surface area contributed by atoms with Crippen LogP contribution in [0.2, 0.25) is 0 Å². The molecule has 0 saturated heterocycles. The number of ether oxygens (including phenoxy) is 5. The molecule has 1 fully saturated rings. The molecule has 0 amide bonds. The fourth-order valence-corrected chi connectivity index (χ4v) is 4.91. The van der Waals surface area contributed by atoms with Crippen molar-refractivity contribution >= 4 is 5.97 Å². The SMILES string of the molecule is C=C1[C@H](OC)C[C@](C)(CCC=C(C)C)[C@@H](/C=C/OC(=O)C=C(C)C)C2=C[C@](C)(OC)O[C@@]12OC. The molecule has 6 heteroatoms. The zero-order chi connectivity index (χ0) is 25.7. The highest BCUT2D eigenvalue weighted by molar-refractivity contribution is 5.83. The lowest BCUT2D eigenvalue weighted by Gasteiger charge is -2.38. The van der Waals surface area contributed by atoms with Crippen LogP contribution in [0.4, 0.5) is 0 Å². The normalized spacial score (nSPS) is 33.2. The van der Waals surface area contributed by atoms with Crippen LogP contribution in [0.3, 0.4) is 0 Å². The summed E-state index contributed by atoms with van der Waals surface area (Å²) in [4.78, 5) is 12.1. The quantitative estimate of drug-likeness (QED) is 0.176. The van der Waals surface area contributed by atoms with Crippen molar-refractivity contribution in [3.63, 3.8) is 0 Å². The predicted molar refractivity (Wildman–Crippen MR) is 134 cm³/mol. The number of rotatable bonds is 9. The van der Waals surface area contributed by atoms with Crippen LogP contribution in [0.1, 0.15) is 60.8 Å². The minimum atomic E-state index is -1.22. The molecular formula is C28H42O6. The van der Waals surface area contributed by atoms with Gasteiger partial charge in [-0.2, -0.15) is 0 Å². The summed E-state index contributed by atoms with van der Waals surface area (Å²) in [6.45, 7) is 16.3. The largest absolute Gasteiger partial charge is 0.432 e. The monoisotopic (exact) mass is 474 g/mol. The Hall–Kier alpha value is -1.99. The number of methoxy groups -OCH3 is 3. The number of carbonyl (C=O) groups excluding carboxylic acids is 1. The first kappa shape index (κ1) is 28.2. The second kappa shape index (κ2) is 11.2. The molecule has 2 rings (SSSR count). The summed E-state index contributed by atoms with van der Waals surface area (Å²) >= 11 is 0. The van der Waals surface area contributed by atoms with Gasteiger partial charge in [0, 0.05) is 44.5 Å². The molecule has 0 aromatic carbocycles. The summed E-state index contributed by atoms with van der Waals surface area (Å²) in [5, 5.41) is 0. The lowest BCUT2D eigenvalue weighted by atomic mass is 9.68. The van der Waals surface area contributed by atoms with E-state index in [0.29, 0.717) is 12.0 Å². The van der Waals surface area contributed by atoms with Gasteiger partial charge in [0.25, 0.3) is 0 Å². The van der Waals surface area contributed by atoms with Gasteiger partial charge in [-0.05, 0) is 71.4 Å². The summed E-state index contributed by atoms with van der Waals surface area (Å²) in [6.07, 6.45) is 11.3. The van der Waals surface area contributed by atoms with Gasteiger partial charge < -0.3 is 23.7 Å². The van der Waals surface area contributed by atoms with Gasteiger partial charge in [-0.1, -0.05) is 30.7 Å². The number of hydrogen-bond acceptors (Lipinski definition) is 6. The van der Waals surface area contributed by atoms with Gasteiger partial charge in [0.05, 0.1) is 12.4 Å². The first-order chi connectivity index (χ1) is 15.9. The van der Waals surface area contributed by atoms with Crippen molar-refractivity contribution in [2.75, 3.05) is 21.3 Å². The number of fused-ring (bicyclic) bond motifs is 1. The maximum atomic E-state index is 12.1. The van der Waals surface area contributed by atoms with E-state index in [1.165, 1.54) is 17.9 Å². The molecule has 2 aliphatic rings. The Balaban J connectivity index is 2.64. The molecule has 6 nitrogen and oxygen atoms in total. The Kier molecular flexibility index (Phi) is 9.28. The van der Waals surface area contributed by atoms with Gasteiger partial charge in [0.15, 0.2) is 5.79 Å². The average molecular weight is 475 g/mol. The molecule has 0 spiro atoms. The van der Waals surface area contributed by atoms with E-state index < -0.39 is 17.5 Å². The third-order valence-electron chi connectivity index (χ3n) is 6.80. The summed E-state index contributed by atoms with van der Waals surface area (Å²) in [5.74, 6) is -2.83. The smallest absolute Gasteiger partial charge is 0.335 e. The van der Waals surface area contributed by atoms with Gasteiger partial charge in [0.1, 0.15) is 0 Å². The topological polar surface area (TPSA) is 63.2 Å². The zero-order valence-electron chi connectivity index (χ0n) is 22.3. The van der Waals surface area contributed by atoms with E-state index in [1.807, 2.05) is 32.9 Å². The molecule has 34 heavy (non-hydrogen) atoms. The number of allylic oxidation sites excluding steroid dienone is 4. The Morgan fingerprint density at radius 3 is 2.35 bits per heavy atom. The maximum absolute atomic E-state index is 12.1. The molecule has 0 aromatic heterocycles. The van der Waals surface area contributed by atoms with E-state index in [-0.39, 0.29) is 17.4 Å². The second-order valence-corrected chi connectivity index (χ2v) is 10.1. The highest BCUT2D eigenvalue weighted by Gasteiger charge is 2.59. The summed E-state index contributed by atoms with van der Waals surface area (Å²) in [6, 6.07) is 0. The Labute approximate surface area is 205 Å². The van der Waals surface area contributed by atoms with Crippen LogP contribution < -0.4 is 0 Å². The van der Waals surface area contributed by atoms with Gasteiger partial charge in [-0.25, -0.2) is 4.79 Å². The number of esters is 1. The summed E-state index contributed by atoms with van der Waals surface area (Å²) < 4.78 is 29.5. The molecular weight excluding hydrogens is 432 g/mol. The molecule has 0 unspecified atom stereocenters. The van der Waals surface area contributed by atoms with Crippen molar-refractivity contribution in [1.82, 2.24) is 0 Å². The molecule has 0 aromatic rings. The standard InChI is InChI=1S/C28H42O6/c1-19(2)12-11-14-26(6)18-24(30-8)21(5)28(32-10)23(17-27(7,31-9)34-28)22(26)13-15-33-25(29)16-20(3)4/h12-13,15-17,22,24H,5,11,14,18H2,1-4,6-10H3/b15-13+/t22-,24+,26-,27+,28-/m0/s1. The van der Waals surface area contributed by atoms with E-state index >= 15 is 0 Å². The van der Waals surface area contributed by atoms with E-state index in [2.05, 4.69) is 33.4 Å². The Morgan fingerprint density at radius 2 is 1.82 bits per heavy atom. The molecule has 0 N–H and O–H groups in total. The summed E-state index contributed by atoms with van der Waals surface area (Å²) in [7, 11) is 4.89. The Bertz CT molecular complexity index is 889. The molecule has 1 aliphatic carbocycles. The predicted octanol–water partition coefficient (Wildman–Crippen LogP) is 6.02. The molecule has 190 valence electrons. The zero-order valence-corrected chi connectivity index (χ0v) is 22.3. The molecule has 0 radical (unpaired) electrons. The van der Waals surface area contributed by atoms with E-state index in [4.69, 9.17) is 23.7 Å². The first-order valence-corrected chi connectivity index (χ1v) is 11.8. The number of hydrogen-bond donors (Lipinski definition) is 0. The van der Waals surface area contributed by atoms with Crippen molar-refractivity contribution in [2.24, 2.45) is 11.3 Å². The Morgan fingerprint density at radius 1 is 1.15 bits per heavy atom. The van der Waals surface area contributed by atoms with Crippen LogP contribution in [0, 0.1) is 11.3 Å². The third kappa shape index (κ3) is 5.98. The highest BCUT2D eigenvalue weighted by Crippen LogP contribution is 2.57. The minimum absolute atomic E-state index is 0.189. The maximum Gasteiger partial charge on any atom is 0.335 e. The van der Waals surface area contributed by atoms with Crippen LogP contribution in [-0.4, -0.2) is 45.0 Å². The molecule has 1 aliphatic heterocycles. The van der Waals surface area contributed by atoms with E-state index in [1.54, 1.807) is 21.3 Å². The lowest BCUT2D eigenvalue weighted by molar-refractivity contribution is -0.278. The van der Waals surface area contributed by atoms with Gasteiger partial charge in [-0.15, -0.1) is 0 Å². The second-order valence-electron chi connectivity index (χ2n) is 10.1. The van der Waals surface area contributed by atoms with Crippen LogP contribution in [0.25, 0.3) is 0 Å². The van der Waals surface area contributed by atoms with Crippen LogP contribution in [-0.2, 0) is 28.5 Å². The van der Waals surface area contributed by atoms with Gasteiger partial charge in [-0.3, -0.25) is 0 Å². The van der Waals surface area contributed by atoms with Gasteiger partial charge >= 0.3 is 5.97 Å².